The first-order chi connectivity index (χ1) is 10.6. The van der Waals surface area contributed by atoms with Crippen molar-refractivity contribution in [1.82, 2.24) is 10.2 Å². The van der Waals surface area contributed by atoms with E-state index in [0.717, 1.165) is 0 Å². The number of anilines is 1. The predicted octanol–water partition coefficient (Wildman–Crippen LogP) is 4.39. The van der Waals surface area contributed by atoms with Gasteiger partial charge in [0.1, 0.15) is 11.6 Å². The SMILES string of the molecule is Fc1ccc(-c2nnc(CNc3ccc(Br)cc3F)o2)cc1. The molecule has 0 saturated heterocycles. The van der Waals surface area contributed by atoms with Gasteiger partial charge in [0.2, 0.25) is 11.8 Å². The Balaban J connectivity index is 1.70. The molecule has 0 spiro atoms. The molecule has 0 fully saturated rings. The Hall–Kier alpha value is -2.28. The van der Waals surface area contributed by atoms with Gasteiger partial charge in [0.15, 0.2) is 0 Å². The van der Waals surface area contributed by atoms with E-state index in [1.54, 1.807) is 24.3 Å². The molecule has 0 aliphatic rings. The van der Waals surface area contributed by atoms with Gasteiger partial charge in [-0.3, -0.25) is 0 Å². The number of nitrogens with one attached hydrogen (secondary N) is 1. The molecule has 4 nitrogen and oxygen atoms in total. The first-order valence-corrected chi connectivity index (χ1v) is 7.18. The molecule has 0 aliphatic carbocycles. The normalized spacial score (nSPS) is 10.7. The van der Waals surface area contributed by atoms with Crippen LogP contribution in [0.1, 0.15) is 5.89 Å². The molecule has 3 aromatic rings. The van der Waals surface area contributed by atoms with Crippen molar-refractivity contribution in [1.29, 1.82) is 0 Å². The summed E-state index contributed by atoms with van der Waals surface area (Å²) in [4.78, 5) is 0. The van der Waals surface area contributed by atoms with Crippen LogP contribution in [0.25, 0.3) is 11.5 Å². The molecule has 112 valence electrons. The Bertz CT molecular complexity index is 790. The Morgan fingerprint density at radius 3 is 2.55 bits per heavy atom. The Morgan fingerprint density at radius 1 is 1.05 bits per heavy atom. The Morgan fingerprint density at radius 2 is 1.82 bits per heavy atom. The van der Waals surface area contributed by atoms with Crippen LogP contribution in [0.4, 0.5) is 14.5 Å². The quantitative estimate of drug-likeness (QED) is 0.744. The molecule has 0 aliphatic heterocycles. The second-order valence-corrected chi connectivity index (χ2v) is 5.40. The van der Waals surface area contributed by atoms with Gasteiger partial charge < -0.3 is 9.73 Å². The molecule has 1 heterocycles. The van der Waals surface area contributed by atoms with Crippen LogP contribution in [0.2, 0.25) is 0 Å². The third-order valence-electron chi connectivity index (χ3n) is 2.92. The van der Waals surface area contributed by atoms with Crippen molar-refractivity contribution in [3.63, 3.8) is 0 Å². The van der Waals surface area contributed by atoms with E-state index in [1.165, 1.54) is 18.2 Å². The van der Waals surface area contributed by atoms with Gasteiger partial charge in [0, 0.05) is 10.0 Å². The van der Waals surface area contributed by atoms with Crippen molar-refractivity contribution in [3.8, 4) is 11.5 Å². The second-order valence-electron chi connectivity index (χ2n) is 4.49. The second kappa shape index (κ2) is 6.23. The minimum atomic E-state index is -0.382. The van der Waals surface area contributed by atoms with Gasteiger partial charge in [-0.15, -0.1) is 10.2 Å². The highest BCUT2D eigenvalue weighted by atomic mass is 79.9. The summed E-state index contributed by atoms with van der Waals surface area (Å²) in [6, 6.07) is 10.4. The lowest BCUT2D eigenvalue weighted by Gasteiger charge is -2.04. The number of rotatable bonds is 4. The lowest BCUT2D eigenvalue weighted by molar-refractivity contribution is 0.514. The maximum atomic E-state index is 13.7. The monoisotopic (exact) mass is 365 g/mol. The van der Waals surface area contributed by atoms with Crippen LogP contribution >= 0.6 is 15.9 Å². The van der Waals surface area contributed by atoms with Crippen molar-refractivity contribution in [2.75, 3.05) is 5.32 Å². The average Bonchev–Trinajstić information content (AvgIpc) is 2.96. The number of hydrogen-bond donors (Lipinski definition) is 1. The molecular formula is C15H10BrF2N3O. The van der Waals surface area contributed by atoms with E-state index >= 15 is 0 Å². The minimum absolute atomic E-state index is 0.187. The van der Waals surface area contributed by atoms with E-state index < -0.39 is 0 Å². The van der Waals surface area contributed by atoms with Crippen LogP contribution in [0.15, 0.2) is 51.4 Å². The number of hydrogen-bond acceptors (Lipinski definition) is 4. The van der Waals surface area contributed by atoms with Crippen molar-refractivity contribution >= 4 is 21.6 Å². The lowest BCUT2D eigenvalue weighted by atomic mass is 10.2. The summed E-state index contributed by atoms with van der Waals surface area (Å²) in [5.41, 5.74) is 0.958. The summed E-state index contributed by atoms with van der Waals surface area (Å²) < 4.78 is 32.6. The summed E-state index contributed by atoms with van der Waals surface area (Å²) in [6.45, 7) is 0.187. The van der Waals surface area contributed by atoms with Gasteiger partial charge in [-0.25, -0.2) is 8.78 Å². The van der Waals surface area contributed by atoms with Crippen LogP contribution in [0, 0.1) is 11.6 Å². The van der Waals surface area contributed by atoms with Crippen LogP contribution in [0.5, 0.6) is 0 Å². The molecule has 1 N–H and O–H groups in total. The van der Waals surface area contributed by atoms with E-state index in [4.69, 9.17) is 4.42 Å². The molecule has 22 heavy (non-hydrogen) atoms. The standard InChI is InChI=1S/C15H10BrF2N3O/c16-10-3-6-13(12(18)7-10)19-8-14-20-21-15(22-14)9-1-4-11(17)5-2-9/h1-7,19H,8H2. The maximum absolute atomic E-state index is 13.7. The predicted molar refractivity (Wildman–Crippen MR) is 81.1 cm³/mol. The molecule has 0 radical (unpaired) electrons. The first-order valence-electron chi connectivity index (χ1n) is 6.39. The van der Waals surface area contributed by atoms with Crippen LogP contribution in [-0.4, -0.2) is 10.2 Å². The molecule has 0 unspecified atom stereocenters. The van der Waals surface area contributed by atoms with Gasteiger partial charge in [-0.05, 0) is 42.5 Å². The van der Waals surface area contributed by atoms with Crippen LogP contribution in [-0.2, 0) is 6.54 Å². The molecule has 0 atom stereocenters. The van der Waals surface area contributed by atoms with E-state index in [1.807, 2.05) is 0 Å². The topological polar surface area (TPSA) is 51.0 Å². The van der Waals surface area contributed by atoms with Gasteiger partial charge in [-0.2, -0.15) is 0 Å². The van der Waals surface area contributed by atoms with E-state index in [2.05, 4.69) is 31.4 Å². The van der Waals surface area contributed by atoms with Crippen molar-refractivity contribution < 1.29 is 13.2 Å². The number of aromatic nitrogens is 2. The number of nitrogens with zero attached hydrogens (tertiary/aromatic N) is 2. The fourth-order valence-corrected chi connectivity index (χ4v) is 2.17. The highest BCUT2D eigenvalue weighted by Crippen LogP contribution is 2.21. The van der Waals surface area contributed by atoms with Gasteiger partial charge >= 0.3 is 0 Å². The Labute approximate surface area is 133 Å². The molecule has 1 aromatic heterocycles. The highest BCUT2D eigenvalue weighted by Gasteiger charge is 2.09. The summed E-state index contributed by atoms with van der Waals surface area (Å²) in [5.74, 6) is -0.127. The van der Waals surface area contributed by atoms with Gasteiger partial charge in [-0.1, -0.05) is 15.9 Å². The highest BCUT2D eigenvalue weighted by molar-refractivity contribution is 9.10. The summed E-state index contributed by atoms with van der Waals surface area (Å²) in [7, 11) is 0. The zero-order chi connectivity index (χ0) is 15.5. The summed E-state index contributed by atoms with van der Waals surface area (Å²) in [5, 5.41) is 10.6. The van der Waals surface area contributed by atoms with E-state index in [-0.39, 0.29) is 24.1 Å². The number of halogens is 3. The van der Waals surface area contributed by atoms with Crippen molar-refractivity contribution in [2.45, 2.75) is 6.54 Å². The summed E-state index contributed by atoms with van der Waals surface area (Å²) >= 11 is 3.19. The fraction of sp³-hybridized carbons (Fsp3) is 0.0667. The maximum Gasteiger partial charge on any atom is 0.247 e. The molecule has 7 heteroatoms. The van der Waals surface area contributed by atoms with Gasteiger partial charge in [0.05, 0.1) is 12.2 Å². The molecule has 0 amide bonds. The van der Waals surface area contributed by atoms with E-state index in [9.17, 15) is 8.78 Å². The summed E-state index contributed by atoms with van der Waals surface area (Å²) in [6.07, 6.45) is 0. The lowest BCUT2D eigenvalue weighted by Crippen LogP contribution is -2.01. The average molecular weight is 366 g/mol. The van der Waals surface area contributed by atoms with Crippen molar-refractivity contribution in [3.05, 3.63) is 64.5 Å². The zero-order valence-corrected chi connectivity index (χ0v) is 12.8. The molecular weight excluding hydrogens is 356 g/mol. The Kier molecular flexibility index (Phi) is 4.15. The molecule has 0 saturated carbocycles. The first kappa shape index (κ1) is 14.6. The minimum Gasteiger partial charge on any atom is -0.419 e. The molecule has 0 bridgehead atoms. The molecule has 2 aromatic carbocycles. The number of benzene rings is 2. The molecule has 3 rings (SSSR count). The largest absolute Gasteiger partial charge is 0.419 e. The fourth-order valence-electron chi connectivity index (χ4n) is 1.84. The van der Waals surface area contributed by atoms with Crippen molar-refractivity contribution in [2.24, 2.45) is 0 Å². The third kappa shape index (κ3) is 3.30. The van der Waals surface area contributed by atoms with Crippen LogP contribution in [0.3, 0.4) is 0 Å². The van der Waals surface area contributed by atoms with Gasteiger partial charge in [0.25, 0.3) is 0 Å². The third-order valence-corrected chi connectivity index (χ3v) is 3.41. The van der Waals surface area contributed by atoms with E-state index in [0.29, 0.717) is 21.6 Å². The van der Waals surface area contributed by atoms with Crippen LogP contribution < -0.4 is 5.32 Å². The zero-order valence-electron chi connectivity index (χ0n) is 11.2. The smallest absolute Gasteiger partial charge is 0.247 e.